The summed E-state index contributed by atoms with van der Waals surface area (Å²) in [5.74, 6) is 0.974. The second-order valence-electron chi connectivity index (χ2n) is 5.51. The van der Waals surface area contributed by atoms with E-state index in [0.717, 1.165) is 38.6 Å². The van der Waals surface area contributed by atoms with Crippen molar-refractivity contribution >= 4 is 5.95 Å². The number of hydrogen-bond acceptors (Lipinski definition) is 4. The summed E-state index contributed by atoms with van der Waals surface area (Å²) >= 11 is 0. The molecule has 1 rings (SSSR count). The van der Waals surface area contributed by atoms with Gasteiger partial charge in [0.1, 0.15) is 0 Å². The van der Waals surface area contributed by atoms with Crippen LogP contribution >= 0.6 is 0 Å². The molecule has 0 aliphatic heterocycles. The second-order valence-corrected chi connectivity index (χ2v) is 5.51. The molecule has 0 radical (unpaired) electrons. The molecule has 1 aromatic rings. The Hall–Kier alpha value is -1.07. The third-order valence-electron chi connectivity index (χ3n) is 3.84. The van der Waals surface area contributed by atoms with Crippen LogP contribution in [0.1, 0.15) is 40.0 Å². The Balaban J connectivity index is 2.30. The first-order valence-corrected chi connectivity index (χ1v) is 8.20. The van der Waals surface area contributed by atoms with Crippen molar-refractivity contribution in [2.24, 2.45) is 0 Å². The van der Waals surface area contributed by atoms with E-state index < -0.39 is 0 Å². The predicted molar refractivity (Wildman–Crippen MR) is 88.8 cm³/mol. The molecule has 21 heavy (non-hydrogen) atoms. The van der Waals surface area contributed by atoms with Crippen molar-refractivity contribution in [3.63, 3.8) is 0 Å². The molecule has 0 saturated carbocycles. The van der Waals surface area contributed by atoms with Crippen LogP contribution in [-0.4, -0.2) is 53.8 Å². The van der Waals surface area contributed by atoms with Crippen LogP contribution in [0, 0.1) is 0 Å². The molecule has 0 amide bonds. The normalized spacial score (nSPS) is 12.8. The van der Waals surface area contributed by atoms with Crippen LogP contribution < -0.4 is 5.32 Å². The highest BCUT2D eigenvalue weighted by Crippen LogP contribution is 2.10. The van der Waals surface area contributed by atoms with Crippen molar-refractivity contribution in [2.45, 2.75) is 52.6 Å². The van der Waals surface area contributed by atoms with Crippen LogP contribution in [0.25, 0.3) is 0 Å². The van der Waals surface area contributed by atoms with Crippen molar-refractivity contribution in [1.29, 1.82) is 0 Å². The minimum atomic E-state index is 0.448. The van der Waals surface area contributed by atoms with Crippen molar-refractivity contribution < 1.29 is 4.74 Å². The first kappa shape index (κ1) is 18.0. The Morgan fingerprint density at radius 2 is 2.10 bits per heavy atom. The maximum Gasteiger partial charge on any atom is 0.202 e. The number of nitrogens with zero attached hydrogens (tertiary/aromatic N) is 3. The second kappa shape index (κ2) is 10.6. The largest absolute Gasteiger partial charge is 0.385 e. The zero-order chi connectivity index (χ0) is 15.5. The number of ether oxygens (including phenoxy) is 1. The molecule has 1 aromatic heterocycles. The van der Waals surface area contributed by atoms with Gasteiger partial charge in [-0.3, -0.25) is 0 Å². The number of hydrogen-bond donors (Lipinski definition) is 1. The maximum absolute atomic E-state index is 5.10. The maximum atomic E-state index is 5.10. The molecular formula is C16H32N4O. The summed E-state index contributed by atoms with van der Waals surface area (Å²) in [6, 6.07) is 0.448. The standard InChI is InChI=1S/C16H32N4O/c1-5-19(6-2)11-7-9-15(3)18-16-17-10-13-20(16)12-8-14-21-4/h10,13,15H,5-9,11-12,14H2,1-4H3,(H,17,18). The van der Waals surface area contributed by atoms with Gasteiger partial charge >= 0.3 is 0 Å². The third-order valence-corrected chi connectivity index (χ3v) is 3.84. The molecule has 0 bridgehead atoms. The van der Waals surface area contributed by atoms with Crippen LogP contribution in [-0.2, 0) is 11.3 Å². The summed E-state index contributed by atoms with van der Waals surface area (Å²) in [4.78, 5) is 6.88. The van der Waals surface area contributed by atoms with E-state index >= 15 is 0 Å². The van der Waals surface area contributed by atoms with Gasteiger partial charge < -0.3 is 19.5 Å². The van der Waals surface area contributed by atoms with Gasteiger partial charge in [-0.25, -0.2) is 4.98 Å². The van der Waals surface area contributed by atoms with Gasteiger partial charge in [-0.2, -0.15) is 0 Å². The van der Waals surface area contributed by atoms with Gasteiger partial charge in [0.2, 0.25) is 5.95 Å². The highest BCUT2D eigenvalue weighted by Gasteiger charge is 2.08. The fourth-order valence-corrected chi connectivity index (χ4v) is 2.46. The fraction of sp³-hybridized carbons (Fsp3) is 0.812. The lowest BCUT2D eigenvalue weighted by Crippen LogP contribution is -2.26. The van der Waals surface area contributed by atoms with Crippen LogP contribution in [0.2, 0.25) is 0 Å². The Kier molecular flexibility index (Phi) is 9.10. The molecule has 0 saturated heterocycles. The first-order valence-electron chi connectivity index (χ1n) is 8.20. The van der Waals surface area contributed by atoms with E-state index in [1.807, 2.05) is 12.4 Å². The minimum Gasteiger partial charge on any atom is -0.385 e. The molecule has 0 spiro atoms. The lowest BCUT2D eigenvalue weighted by molar-refractivity contribution is 0.190. The molecule has 0 aliphatic carbocycles. The lowest BCUT2D eigenvalue weighted by atomic mass is 10.2. The average Bonchev–Trinajstić information content (AvgIpc) is 2.91. The monoisotopic (exact) mass is 296 g/mol. The zero-order valence-electron chi connectivity index (χ0n) is 14.1. The van der Waals surface area contributed by atoms with Gasteiger partial charge in [0.25, 0.3) is 0 Å². The summed E-state index contributed by atoms with van der Waals surface area (Å²) in [5, 5.41) is 3.52. The fourth-order valence-electron chi connectivity index (χ4n) is 2.46. The molecule has 1 N–H and O–H groups in total. The predicted octanol–water partition coefficient (Wildman–Crippen LogP) is 2.84. The van der Waals surface area contributed by atoms with E-state index in [1.54, 1.807) is 7.11 Å². The Morgan fingerprint density at radius 3 is 2.76 bits per heavy atom. The molecular weight excluding hydrogens is 264 g/mol. The molecule has 0 aromatic carbocycles. The number of rotatable bonds is 12. The number of anilines is 1. The topological polar surface area (TPSA) is 42.3 Å². The van der Waals surface area contributed by atoms with E-state index in [2.05, 4.69) is 40.5 Å². The Labute approximate surface area is 129 Å². The van der Waals surface area contributed by atoms with Crippen LogP contribution in [0.3, 0.4) is 0 Å². The van der Waals surface area contributed by atoms with Gasteiger partial charge in [-0.05, 0) is 45.8 Å². The van der Waals surface area contributed by atoms with E-state index in [9.17, 15) is 0 Å². The highest BCUT2D eigenvalue weighted by molar-refractivity contribution is 5.27. The van der Waals surface area contributed by atoms with E-state index in [-0.39, 0.29) is 0 Å². The van der Waals surface area contributed by atoms with Gasteiger partial charge in [0, 0.05) is 38.7 Å². The Morgan fingerprint density at radius 1 is 1.33 bits per heavy atom. The van der Waals surface area contributed by atoms with Gasteiger partial charge in [0.15, 0.2) is 0 Å². The summed E-state index contributed by atoms with van der Waals surface area (Å²) in [7, 11) is 1.74. The smallest absolute Gasteiger partial charge is 0.202 e. The average molecular weight is 296 g/mol. The number of aromatic nitrogens is 2. The molecule has 0 fully saturated rings. The molecule has 0 aliphatic rings. The molecule has 5 heteroatoms. The summed E-state index contributed by atoms with van der Waals surface area (Å²) in [6.07, 6.45) is 7.29. The Bertz CT molecular complexity index is 363. The number of imidazole rings is 1. The van der Waals surface area contributed by atoms with Crippen molar-refractivity contribution in [3.8, 4) is 0 Å². The third kappa shape index (κ3) is 6.96. The van der Waals surface area contributed by atoms with Crippen molar-refractivity contribution in [1.82, 2.24) is 14.5 Å². The zero-order valence-corrected chi connectivity index (χ0v) is 14.1. The van der Waals surface area contributed by atoms with Crippen LogP contribution in [0.15, 0.2) is 12.4 Å². The first-order chi connectivity index (χ1) is 10.2. The van der Waals surface area contributed by atoms with Gasteiger partial charge in [-0.15, -0.1) is 0 Å². The van der Waals surface area contributed by atoms with Crippen LogP contribution in [0.4, 0.5) is 5.95 Å². The van der Waals surface area contributed by atoms with Crippen molar-refractivity contribution in [2.75, 3.05) is 38.7 Å². The SMILES string of the molecule is CCN(CC)CCCC(C)Nc1nccn1CCCOC. The number of nitrogens with one attached hydrogen (secondary N) is 1. The lowest BCUT2D eigenvalue weighted by Gasteiger charge is -2.20. The van der Waals surface area contributed by atoms with E-state index in [1.165, 1.54) is 19.4 Å². The van der Waals surface area contributed by atoms with E-state index in [4.69, 9.17) is 4.74 Å². The minimum absolute atomic E-state index is 0.448. The number of aryl methyl sites for hydroxylation is 1. The molecule has 1 atom stereocenters. The van der Waals surface area contributed by atoms with Gasteiger partial charge in [0.05, 0.1) is 0 Å². The summed E-state index contributed by atoms with van der Waals surface area (Å²) < 4.78 is 7.27. The molecule has 122 valence electrons. The quantitative estimate of drug-likeness (QED) is 0.602. The molecule has 1 heterocycles. The van der Waals surface area contributed by atoms with Crippen LogP contribution in [0.5, 0.6) is 0 Å². The van der Waals surface area contributed by atoms with E-state index in [0.29, 0.717) is 6.04 Å². The number of methoxy groups -OCH3 is 1. The van der Waals surface area contributed by atoms with Crippen molar-refractivity contribution in [3.05, 3.63) is 12.4 Å². The molecule has 5 nitrogen and oxygen atoms in total. The highest BCUT2D eigenvalue weighted by atomic mass is 16.5. The summed E-state index contributed by atoms with van der Waals surface area (Å²) in [6.45, 7) is 11.9. The summed E-state index contributed by atoms with van der Waals surface area (Å²) in [5.41, 5.74) is 0. The van der Waals surface area contributed by atoms with Gasteiger partial charge in [-0.1, -0.05) is 13.8 Å². The molecule has 1 unspecified atom stereocenters.